The van der Waals surface area contributed by atoms with E-state index in [1.54, 1.807) is 7.11 Å². The Morgan fingerprint density at radius 3 is 2.48 bits per heavy atom. The third-order valence-electron chi connectivity index (χ3n) is 4.73. The van der Waals surface area contributed by atoms with Crippen molar-refractivity contribution in [2.75, 3.05) is 26.8 Å². The van der Waals surface area contributed by atoms with Crippen molar-refractivity contribution in [1.82, 2.24) is 20.4 Å². The summed E-state index contributed by atoms with van der Waals surface area (Å²) in [7, 11) is 1.65. The minimum atomic E-state index is 0. The second-order valence-electron chi connectivity index (χ2n) is 6.82. The number of aliphatic imine (C=N–C) groups is 1. The van der Waals surface area contributed by atoms with E-state index in [1.807, 2.05) is 78.5 Å². The van der Waals surface area contributed by atoms with Crippen molar-refractivity contribution in [3.05, 3.63) is 78.1 Å². The molecule has 0 aliphatic heterocycles. The van der Waals surface area contributed by atoms with E-state index in [0.29, 0.717) is 19.0 Å². The fraction of sp³-hybridized carbons (Fsp3) is 0.304. The van der Waals surface area contributed by atoms with Crippen LogP contribution < -0.4 is 15.4 Å². The van der Waals surface area contributed by atoms with Gasteiger partial charge in [0.15, 0.2) is 5.96 Å². The fourth-order valence-corrected chi connectivity index (χ4v) is 3.06. The van der Waals surface area contributed by atoms with Crippen LogP contribution in [0.5, 0.6) is 5.75 Å². The highest BCUT2D eigenvalue weighted by atomic mass is 127. The summed E-state index contributed by atoms with van der Waals surface area (Å²) >= 11 is 0. The van der Waals surface area contributed by atoms with Crippen molar-refractivity contribution >= 4 is 29.9 Å². The zero-order valence-corrected chi connectivity index (χ0v) is 20.2. The monoisotopic (exact) mass is 535 g/mol. The molecule has 2 aromatic carbocycles. The predicted molar refractivity (Wildman–Crippen MR) is 135 cm³/mol. The predicted octanol–water partition coefficient (Wildman–Crippen LogP) is 3.33. The van der Waals surface area contributed by atoms with E-state index in [0.717, 1.165) is 29.2 Å². The molecule has 1 atom stereocenters. The van der Waals surface area contributed by atoms with E-state index in [9.17, 15) is 5.11 Å². The van der Waals surface area contributed by atoms with Gasteiger partial charge in [0.2, 0.25) is 0 Å². The number of guanidine groups is 1. The molecule has 0 fully saturated rings. The fourth-order valence-electron chi connectivity index (χ4n) is 3.06. The molecule has 0 aliphatic carbocycles. The lowest BCUT2D eigenvalue weighted by Gasteiger charge is -2.18. The molecule has 0 radical (unpaired) electrons. The van der Waals surface area contributed by atoms with Crippen LogP contribution in [0.2, 0.25) is 0 Å². The van der Waals surface area contributed by atoms with Crippen molar-refractivity contribution in [3.63, 3.8) is 0 Å². The smallest absolute Gasteiger partial charge is 0.191 e. The Balaban J connectivity index is 0.00000341. The van der Waals surface area contributed by atoms with Crippen molar-refractivity contribution in [2.45, 2.75) is 19.4 Å². The molecule has 3 rings (SSSR count). The molecule has 3 aromatic rings. The summed E-state index contributed by atoms with van der Waals surface area (Å²) in [4.78, 5) is 4.63. The lowest BCUT2D eigenvalue weighted by molar-refractivity contribution is 0.265. The standard InChI is InChI=1S/C23H29N5O2.HI/c1-3-24-23(25-15-19(17-29)18-7-5-4-6-8-18)26-16-20-13-14-28(27-20)21-9-11-22(30-2)12-10-21;/h4-14,19,29H,3,15-17H2,1-2H3,(H2,24,25,26);1H. The Kier molecular flexibility index (Phi) is 10.3. The molecule has 1 aromatic heterocycles. The Labute approximate surface area is 200 Å². The van der Waals surface area contributed by atoms with E-state index < -0.39 is 0 Å². The van der Waals surface area contributed by atoms with E-state index in [2.05, 4.69) is 20.7 Å². The minimum Gasteiger partial charge on any atom is -0.497 e. The molecule has 166 valence electrons. The summed E-state index contributed by atoms with van der Waals surface area (Å²) in [6.45, 7) is 3.89. The van der Waals surface area contributed by atoms with Gasteiger partial charge in [-0.2, -0.15) is 5.10 Å². The highest BCUT2D eigenvalue weighted by molar-refractivity contribution is 14.0. The SMILES string of the molecule is CCNC(=NCc1ccn(-c2ccc(OC)cc2)n1)NCC(CO)c1ccccc1.I. The largest absolute Gasteiger partial charge is 0.497 e. The summed E-state index contributed by atoms with van der Waals surface area (Å²) in [6, 6.07) is 19.7. The number of aliphatic hydroxyl groups is 1. The minimum absolute atomic E-state index is 0. The number of methoxy groups -OCH3 is 1. The maximum Gasteiger partial charge on any atom is 0.191 e. The average molecular weight is 535 g/mol. The Morgan fingerprint density at radius 1 is 1.10 bits per heavy atom. The number of nitrogens with zero attached hydrogens (tertiary/aromatic N) is 3. The molecule has 0 aliphatic rings. The van der Waals surface area contributed by atoms with Crippen LogP contribution in [0.1, 0.15) is 24.1 Å². The van der Waals surface area contributed by atoms with E-state index in [1.165, 1.54) is 0 Å². The van der Waals surface area contributed by atoms with Crippen molar-refractivity contribution < 1.29 is 9.84 Å². The molecule has 0 amide bonds. The highest BCUT2D eigenvalue weighted by Crippen LogP contribution is 2.15. The molecule has 0 saturated heterocycles. The summed E-state index contributed by atoms with van der Waals surface area (Å²) in [5.41, 5.74) is 2.93. The first kappa shape index (κ1) is 24.7. The lowest BCUT2D eigenvalue weighted by atomic mass is 10.0. The first-order valence-corrected chi connectivity index (χ1v) is 10.1. The van der Waals surface area contributed by atoms with E-state index in [4.69, 9.17) is 4.74 Å². The van der Waals surface area contributed by atoms with Gasteiger partial charge in [-0.3, -0.25) is 0 Å². The molecule has 0 bridgehead atoms. The zero-order chi connectivity index (χ0) is 21.2. The first-order chi connectivity index (χ1) is 14.7. The number of halogens is 1. The van der Waals surface area contributed by atoms with Gasteiger partial charge in [-0.05, 0) is 42.8 Å². The maximum absolute atomic E-state index is 9.75. The Morgan fingerprint density at radius 2 is 1.84 bits per heavy atom. The number of rotatable bonds is 9. The van der Waals surface area contributed by atoms with Gasteiger partial charge in [0.1, 0.15) is 5.75 Å². The second kappa shape index (κ2) is 13.0. The molecule has 0 spiro atoms. The number of aliphatic hydroxyl groups excluding tert-OH is 1. The van der Waals surface area contributed by atoms with Gasteiger partial charge in [0.05, 0.1) is 31.6 Å². The third-order valence-corrected chi connectivity index (χ3v) is 4.73. The Bertz CT molecular complexity index is 929. The lowest BCUT2D eigenvalue weighted by Crippen LogP contribution is -2.39. The van der Waals surface area contributed by atoms with Crippen LogP contribution in [0.3, 0.4) is 0 Å². The van der Waals surface area contributed by atoms with Crippen LogP contribution in [0, 0.1) is 0 Å². The maximum atomic E-state index is 9.75. The van der Waals surface area contributed by atoms with Crippen molar-refractivity contribution in [2.24, 2.45) is 4.99 Å². The van der Waals surface area contributed by atoms with Crippen LogP contribution >= 0.6 is 24.0 Å². The number of hydrogen-bond acceptors (Lipinski definition) is 4. The summed E-state index contributed by atoms with van der Waals surface area (Å²) in [5.74, 6) is 1.52. The molecule has 0 saturated carbocycles. The van der Waals surface area contributed by atoms with Crippen LogP contribution in [-0.2, 0) is 6.54 Å². The van der Waals surface area contributed by atoms with Gasteiger partial charge in [-0.15, -0.1) is 24.0 Å². The van der Waals surface area contributed by atoms with Gasteiger partial charge in [-0.25, -0.2) is 9.67 Å². The van der Waals surface area contributed by atoms with Crippen LogP contribution in [0.15, 0.2) is 71.9 Å². The van der Waals surface area contributed by atoms with Gasteiger partial charge >= 0.3 is 0 Å². The van der Waals surface area contributed by atoms with Crippen LogP contribution in [-0.4, -0.2) is 47.7 Å². The first-order valence-electron chi connectivity index (χ1n) is 10.1. The summed E-state index contributed by atoms with van der Waals surface area (Å²) in [6.07, 6.45) is 1.92. The third kappa shape index (κ3) is 7.25. The number of aromatic nitrogens is 2. The van der Waals surface area contributed by atoms with E-state index >= 15 is 0 Å². The van der Waals surface area contributed by atoms with Gasteiger partial charge in [0, 0.05) is 25.2 Å². The zero-order valence-electron chi connectivity index (χ0n) is 17.9. The van der Waals surface area contributed by atoms with Crippen molar-refractivity contribution in [3.8, 4) is 11.4 Å². The number of hydrogen-bond donors (Lipinski definition) is 3. The number of nitrogens with one attached hydrogen (secondary N) is 2. The van der Waals surface area contributed by atoms with Gasteiger partial charge < -0.3 is 20.5 Å². The van der Waals surface area contributed by atoms with Crippen molar-refractivity contribution in [1.29, 1.82) is 0 Å². The van der Waals surface area contributed by atoms with E-state index in [-0.39, 0.29) is 36.5 Å². The molecule has 7 nitrogen and oxygen atoms in total. The summed E-state index contributed by atoms with van der Waals surface area (Å²) in [5, 5.41) is 20.9. The Hall–Kier alpha value is -2.59. The quantitative estimate of drug-likeness (QED) is 0.223. The number of benzene rings is 2. The summed E-state index contributed by atoms with van der Waals surface area (Å²) < 4.78 is 7.02. The molecule has 3 N–H and O–H groups in total. The van der Waals surface area contributed by atoms with Gasteiger partial charge in [0.25, 0.3) is 0 Å². The number of ether oxygens (including phenoxy) is 1. The highest BCUT2D eigenvalue weighted by Gasteiger charge is 2.11. The topological polar surface area (TPSA) is 83.7 Å². The molecular formula is C23H30IN5O2. The average Bonchev–Trinajstić information content (AvgIpc) is 3.27. The van der Waals surface area contributed by atoms with Crippen LogP contribution in [0.25, 0.3) is 5.69 Å². The molecular weight excluding hydrogens is 505 g/mol. The van der Waals surface area contributed by atoms with Gasteiger partial charge in [-0.1, -0.05) is 30.3 Å². The molecule has 31 heavy (non-hydrogen) atoms. The molecule has 8 heteroatoms. The normalized spacial score (nSPS) is 12.0. The molecule has 1 heterocycles. The molecule has 1 unspecified atom stereocenters. The van der Waals surface area contributed by atoms with Crippen LogP contribution in [0.4, 0.5) is 0 Å². The second-order valence-corrected chi connectivity index (χ2v) is 6.82.